The molecule has 1 aromatic rings. The lowest BCUT2D eigenvalue weighted by Crippen LogP contribution is -2.45. The van der Waals surface area contributed by atoms with E-state index >= 15 is 0 Å². The van der Waals surface area contributed by atoms with Gasteiger partial charge in [-0.25, -0.2) is 22.2 Å². The molecule has 1 heterocycles. The second kappa shape index (κ2) is 9.61. The van der Waals surface area contributed by atoms with Crippen LogP contribution in [0.3, 0.4) is 0 Å². The van der Waals surface area contributed by atoms with Gasteiger partial charge in [0.05, 0.1) is 11.2 Å². The van der Waals surface area contributed by atoms with Crippen LogP contribution in [0.1, 0.15) is 71.4 Å². The van der Waals surface area contributed by atoms with Gasteiger partial charge < -0.3 is 10.2 Å². The average molecular weight is 472 g/mol. The maximum Gasteiger partial charge on any atom is 0.248 e. The van der Waals surface area contributed by atoms with Gasteiger partial charge in [0.1, 0.15) is 10.7 Å². The third-order valence-electron chi connectivity index (χ3n) is 6.77. The van der Waals surface area contributed by atoms with E-state index in [1.807, 2.05) is 32.6 Å². The van der Waals surface area contributed by atoms with Crippen molar-refractivity contribution in [1.29, 1.82) is 0 Å². The van der Waals surface area contributed by atoms with E-state index < -0.39 is 26.9 Å². The number of hydrogen-bond acceptors (Lipinski definition) is 5. The highest BCUT2D eigenvalue weighted by Gasteiger charge is 2.44. The van der Waals surface area contributed by atoms with Crippen LogP contribution in [0, 0.1) is 12.8 Å². The number of amides is 1. The van der Waals surface area contributed by atoms with Crippen molar-refractivity contribution in [3.8, 4) is 0 Å². The van der Waals surface area contributed by atoms with E-state index in [-0.39, 0.29) is 48.6 Å². The summed E-state index contributed by atoms with van der Waals surface area (Å²) in [6, 6.07) is 3.04. The molecule has 6 nitrogen and oxygen atoms in total. The Bertz CT molecular complexity index is 926. The maximum atomic E-state index is 13.8. The number of rotatable bonds is 7. The van der Waals surface area contributed by atoms with Crippen molar-refractivity contribution in [1.82, 2.24) is 10.3 Å². The number of aryl methyl sites for hydroxylation is 1. The van der Waals surface area contributed by atoms with Gasteiger partial charge >= 0.3 is 0 Å². The smallest absolute Gasteiger partial charge is 0.248 e. The standard InChI is InChI=1S/C23H35F2N3O3S/c1-5-28(15(2)3)21-20(10-9-16(4)26-21)32(30,31)19-8-6-7-18(19)22(29)27-17-11-13-23(24,25)14-12-17/h9-10,15,17-19H,5-8,11-14H2,1-4H3,(H,27,29)/t18-,19-/m0/s1. The molecule has 1 N–H and O–H groups in total. The fraction of sp³-hybridized carbons (Fsp3) is 0.739. The van der Waals surface area contributed by atoms with Crippen LogP contribution in [0.25, 0.3) is 0 Å². The number of alkyl halides is 2. The molecule has 2 aliphatic rings. The Labute approximate surface area is 190 Å². The van der Waals surface area contributed by atoms with Gasteiger partial charge in [-0.1, -0.05) is 6.42 Å². The van der Waals surface area contributed by atoms with Gasteiger partial charge in [-0.05, 0) is 65.5 Å². The predicted octanol–water partition coefficient (Wildman–Crippen LogP) is 4.26. The number of carbonyl (C=O) groups excluding carboxylic acids is 1. The monoisotopic (exact) mass is 471 g/mol. The van der Waals surface area contributed by atoms with Gasteiger partial charge in [0.2, 0.25) is 11.8 Å². The zero-order valence-electron chi connectivity index (χ0n) is 19.4. The van der Waals surface area contributed by atoms with Gasteiger partial charge in [-0.2, -0.15) is 0 Å². The van der Waals surface area contributed by atoms with Crippen molar-refractivity contribution in [2.75, 3.05) is 11.4 Å². The first kappa shape index (κ1) is 24.9. The van der Waals surface area contributed by atoms with Crippen molar-refractivity contribution in [2.24, 2.45) is 5.92 Å². The van der Waals surface area contributed by atoms with Gasteiger partial charge in [-0.3, -0.25) is 4.79 Å². The van der Waals surface area contributed by atoms with Gasteiger partial charge in [0.25, 0.3) is 0 Å². The highest BCUT2D eigenvalue weighted by Crippen LogP contribution is 2.39. The van der Waals surface area contributed by atoms with Gasteiger partial charge in [0, 0.05) is 37.2 Å². The van der Waals surface area contributed by atoms with Crippen molar-refractivity contribution < 1.29 is 22.0 Å². The summed E-state index contributed by atoms with van der Waals surface area (Å²) in [7, 11) is -3.81. The molecule has 32 heavy (non-hydrogen) atoms. The topological polar surface area (TPSA) is 79.4 Å². The normalized spacial score (nSPS) is 24.0. The van der Waals surface area contributed by atoms with Crippen molar-refractivity contribution in [2.45, 2.75) is 101 Å². The fourth-order valence-corrected chi connectivity index (χ4v) is 7.14. The zero-order valence-corrected chi connectivity index (χ0v) is 20.2. The Morgan fingerprint density at radius 1 is 1.22 bits per heavy atom. The number of sulfone groups is 1. The molecule has 2 saturated carbocycles. The minimum Gasteiger partial charge on any atom is -0.353 e. The van der Waals surface area contributed by atoms with Crippen molar-refractivity contribution in [3.63, 3.8) is 0 Å². The number of anilines is 1. The molecule has 0 aromatic carbocycles. The lowest BCUT2D eigenvalue weighted by molar-refractivity contribution is -0.126. The summed E-state index contributed by atoms with van der Waals surface area (Å²) in [5.41, 5.74) is 0.730. The summed E-state index contributed by atoms with van der Waals surface area (Å²) in [4.78, 5) is 19.7. The third-order valence-corrected chi connectivity index (χ3v) is 9.07. The number of hydrogen-bond donors (Lipinski definition) is 1. The molecule has 2 aliphatic carbocycles. The second-order valence-electron chi connectivity index (χ2n) is 9.41. The Kier molecular flexibility index (Phi) is 7.47. The Morgan fingerprint density at radius 3 is 2.47 bits per heavy atom. The van der Waals surface area contributed by atoms with Crippen LogP contribution < -0.4 is 10.2 Å². The largest absolute Gasteiger partial charge is 0.353 e. The summed E-state index contributed by atoms with van der Waals surface area (Å²) in [6.45, 7) is 8.37. The van der Waals surface area contributed by atoms with Crippen LogP contribution in [0.15, 0.2) is 17.0 Å². The zero-order chi connectivity index (χ0) is 23.7. The number of halogens is 2. The summed E-state index contributed by atoms with van der Waals surface area (Å²) in [5, 5.41) is 2.03. The van der Waals surface area contributed by atoms with Gasteiger partial charge in [0.15, 0.2) is 9.84 Å². The molecule has 0 radical (unpaired) electrons. The summed E-state index contributed by atoms with van der Waals surface area (Å²) in [5.74, 6) is -3.24. The van der Waals surface area contributed by atoms with E-state index in [0.717, 1.165) is 5.69 Å². The molecular weight excluding hydrogens is 436 g/mol. The number of carbonyl (C=O) groups is 1. The molecule has 180 valence electrons. The predicted molar refractivity (Wildman–Crippen MR) is 121 cm³/mol. The van der Waals surface area contributed by atoms with Crippen LogP contribution in [-0.4, -0.2) is 49.1 Å². The molecule has 0 spiro atoms. The minimum atomic E-state index is -3.81. The van der Waals surface area contributed by atoms with Crippen LogP contribution in [-0.2, 0) is 14.6 Å². The highest BCUT2D eigenvalue weighted by molar-refractivity contribution is 7.92. The molecule has 0 saturated heterocycles. The summed E-state index contributed by atoms with van der Waals surface area (Å²) >= 11 is 0. The molecule has 1 amide bonds. The maximum absolute atomic E-state index is 13.8. The first-order valence-electron chi connectivity index (χ1n) is 11.6. The summed E-state index contributed by atoms with van der Waals surface area (Å²) in [6.07, 6.45) is 1.47. The summed E-state index contributed by atoms with van der Waals surface area (Å²) < 4.78 is 54.4. The molecule has 3 rings (SSSR count). The third kappa shape index (κ3) is 5.24. The van der Waals surface area contributed by atoms with Crippen molar-refractivity contribution in [3.05, 3.63) is 17.8 Å². The van der Waals surface area contributed by atoms with E-state index in [9.17, 15) is 22.0 Å². The molecule has 1 aromatic heterocycles. The second-order valence-corrected chi connectivity index (χ2v) is 11.5. The van der Waals surface area contributed by atoms with Crippen LogP contribution >= 0.6 is 0 Å². The first-order valence-corrected chi connectivity index (χ1v) is 13.2. The van der Waals surface area contributed by atoms with Crippen LogP contribution in [0.5, 0.6) is 0 Å². The fourth-order valence-electron chi connectivity index (χ4n) is 4.97. The number of nitrogens with zero attached hydrogens (tertiary/aromatic N) is 2. The molecule has 2 fully saturated rings. The quantitative estimate of drug-likeness (QED) is 0.643. The number of nitrogens with one attached hydrogen (secondary N) is 1. The molecule has 2 atom stereocenters. The number of pyridine rings is 1. The van der Waals surface area contributed by atoms with E-state index in [0.29, 0.717) is 31.6 Å². The van der Waals surface area contributed by atoms with E-state index in [1.54, 1.807) is 12.1 Å². The lowest BCUT2D eigenvalue weighted by Gasteiger charge is -2.31. The van der Waals surface area contributed by atoms with E-state index in [4.69, 9.17) is 0 Å². The van der Waals surface area contributed by atoms with Gasteiger partial charge in [-0.15, -0.1) is 0 Å². The molecule has 0 bridgehead atoms. The SMILES string of the molecule is CCN(c1nc(C)ccc1S(=O)(=O)[C@H]1CCC[C@@H]1C(=O)NC1CCC(F)(F)CC1)C(C)C. The molecule has 0 aliphatic heterocycles. The Balaban J connectivity index is 1.84. The van der Waals surface area contributed by atoms with E-state index in [1.165, 1.54) is 0 Å². The molecule has 9 heteroatoms. The average Bonchev–Trinajstić information content (AvgIpc) is 3.21. The highest BCUT2D eigenvalue weighted by atomic mass is 32.2. The Morgan fingerprint density at radius 2 is 1.88 bits per heavy atom. The lowest BCUT2D eigenvalue weighted by atomic mass is 9.91. The molecular formula is C23H35F2N3O3S. The molecule has 0 unspecified atom stereocenters. The number of aromatic nitrogens is 1. The Hall–Kier alpha value is -1.77. The minimum absolute atomic E-state index is 0.0651. The van der Waals surface area contributed by atoms with E-state index in [2.05, 4.69) is 10.3 Å². The van der Waals surface area contributed by atoms with Crippen molar-refractivity contribution >= 4 is 21.6 Å². The first-order chi connectivity index (χ1) is 15.0. The van der Waals surface area contributed by atoms with Crippen LogP contribution in [0.2, 0.25) is 0 Å². The van der Waals surface area contributed by atoms with Crippen LogP contribution in [0.4, 0.5) is 14.6 Å².